The lowest BCUT2D eigenvalue weighted by Gasteiger charge is -2.16. The zero-order chi connectivity index (χ0) is 20.0. The highest BCUT2D eigenvalue weighted by Crippen LogP contribution is 1.95. The second-order valence-electron chi connectivity index (χ2n) is 6.83. The first-order chi connectivity index (χ1) is 13.8. The fourth-order valence-corrected chi connectivity index (χ4v) is 3.37. The average Bonchev–Trinajstić information content (AvgIpc) is 2.77. The maximum atomic E-state index is 5.36. The Morgan fingerprint density at radius 2 is 1.00 bits per heavy atom. The molecule has 0 aromatic heterocycles. The molecule has 0 radical (unpaired) electrons. The van der Waals surface area contributed by atoms with Gasteiger partial charge in [0.1, 0.15) is 0 Å². The molecule has 2 nitrogen and oxygen atoms in total. The molecule has 2 N–H and O–H groups in total. The van der Waals surface area contributed by atoms with Crippen molar-refractivity contribution in [1.82, 2.24) is 4.90 Å². The van der Waals surface area contributed by atoms with Gasteiger partial charge in [-0.3, -0.25) is 0 Å². The number of benzene rings is 3. The first-order valence-electron chi connectivity index (χ1n) is 10.4. The highest BCUT2D eigenvalue weighted by molar-refractivity contribution is 6.95. The Morgan fingerprint density at radius 3 is 1.29 bits per heavy atom. The van der Waals surface area contributed by atoms with E-state index in [0.29, 0.717) is 6.71 Å². The quantitative estimate of drug-likeness (QED) is 0.616. The Morgan fingerprint density at radius 1 is 0.643 bits per heavy atom. The van der Waals surface area contributed by atoms with Crippen LogP contribution in [-0.4, -0.2) is 37.8 Å². The predicted octanol–water partition coefficient (Wildman–Crippen LogP) is 2.88. The molecule has 0 saturated heterocycles. The molecule has 3 aromatic carbocycles. The molecular weight excluding hydrogens is 339 g/mol. The highest BCUT2D eigenvalue weighted by atomic mass is 15.1. The summed E-state index contributed by atoms with van der Waals surface area (Å²) >= 11 is 0. The topological polar surface area (TPSA) is 29.3 Å². The Bertz CT molecular complexity index is 649. The van der Waals surface area contributed by atoms with E-state index in [1.165, 1.54) is 16.4 Å². The summed E-state index contributed by atoms with van der Waals surface area (Å²) in [7, 11) is 0. The van der Waals surface area contributed by atoms with Crippen molar-refractivity contribution in [2.75, 3.05) is 26.2 Å². The molecule has 0 unspecified atom stereocenters. The van der Waals surface area contributed by atoms with E-state index in [0.717, 1.165) is 32.6 Å². The highest BCUT2D eigenvalue weighted by Gasteiger charge is 2.20. The fraction of sp³-hybridized carbons (Fsp3) is 0.280. The molecule has 3 aromatic rings. The van der Waals surface area contributed by atoms with E-state index in [4.69, 9.17) is 5.73 Å². The molecule has 0 atom stereocenters. The van der Waals surface area contributed by atoms with Gasteiger partial charge in [-0.1, -0.05) is 121 Å². The van der Waals surface area contributed by atoms with Crippen LogP contribution in [0.1, 0.15) is 20.3 Å². The molecular formula is C25H33BN2. The Balaban J connectivity index is 0.000000266. The van der Waals surface area contributed by atoms with Crippen LogP contribution in [0.5, 0.6) is 0 Å². The second kappa shape index (κ2) is 12.9. The Kier molecular flexibility index (Phi) is 10.1. The maximum absolute atomic E-state index is 5.36. The number of nitrogens with zero attached hydrogens (tertiary/aromatic N) is 1. The summed E-state index contributed by atoms with van der Waals surface area (Å²) in [6.45, 7) is 8.94. The van der Waals surface area contributed by atoms with E-state index < -0.39 is 0 Å². The van der Waals surface area contributed by atoms with E-state index in [2.05, 4.69) is 110 Å². The van der Waals surface area contributed by atoms with Gasteiger partial charge in [-0.15, -0.1) is 0 Å². The lowest BCUT2D eigenvalue weighted by Crippen LogP contribution is -2.51. The fourth-order valence-electron chi connectivity index (χ4n) is 3.37. The molecule has 0 aliphatic carbocycles. The molecule has 146 valence electrons. The maximum Gasteiger partial charge on any atom is 0.241 e. The van der Waals surface area contributed by atoms with Crippen LogP contribution in [0.3, 0.4) is 0 Å². The van der Waals surface area contributed by atoms with E-state index in [1.54, 1.807) is 0 Å². The van der Waals surface area contributed by atoms with E-state index in [-0.39, 0.29) is 0 Å². The molecule has 0 spiro atoms. The van der Waals surface area contributed by atoms with Crippen molar-refractivity contribution in [3.8, 4) is 0 Å². The summed E-state index contributed by atoms with van der Waals surface area (Å²) < 4.78 is 0. The van der Waals surface area contributed by atoms with Crippen molar-refractivity contribution in [3.63, 3.8) is 0 Å². The number of rotatable bonds is 8. The lowest BCUT2D eigenvalue weighted by atomic mass is 9.37. The van der Waals surface area contributed by atoms with Crippen molar-refractivity contribution in [2.24, 2.45) is 5.73 Å². The van der Waals surface area contributed by atoms with Crippen LogP contribution >= 0.6 is 0 Å². The third-order valence-corrected chi connectivity index (χ3v) is 4.97. The van der Waals surface area contributed by atoms with Crippen LogP contribution in [0.2, 0.25) is 0 Å². The van der Waals surface area contributed by atoms with Gasteiger partial charge in [0.25, 0.3) is 0 Å². The third-order valence-electron chi connectivity index (χ3n) is 4.97. The molecule has 0 aliphatic heterocycles. The third kappa shape index (κ3) is 6.99. The number of hydrogen-bond acceptors (Lipinski definition) is 2. The van der Waals surface area contributed by atoms with Gasteiger partial charge >= 0.3 is 0 Å². The minimum Gasteiger partial charge on any atom is -0.330 e. The van der Waals surface area contributed by atoms with Crippen molar-refractivity contribution >= 4 is 23.1 Å². The monoisotopic (exact) mass is 372 g/mol. The van der Waals surface area contributed by atoms with Crippen LogP contribution in [0, 0.1) is 0 Å². The van der Waals surface area contributed by atoms with E-state index in [1.807, 2.05) is 0 Å². The summed E-state index contributed by atoms with van der Waals surface area (Å²) in [5.41, 5.74) is 9.36. The molecule has 3 rings (SSSR count). The van der Waals surface area contributed by atoms with Gasteiger partial charge in [0, 0.05) is 0 Å². The van der Waals surface area contributed by atoms with Gasteiger partial charge in [0.15, 0.2) is 0 Å². The van der Waals surface area contributed by atoms with E-state index >= 15 is 0 Å². The number of nitrogens with two attached hydrogens (primary N) is 1. The zero-order valence-corrected chi connectivity index (χ0v) is 17.3. The van der Waals surface area contributed by atoms with Gasteiger partial charge in [-0.2, -0.15) is 0 Å². The van der Waals surface area contributed by atoms with Gasteiger partial charge in [-0.25, -0.2) is 0 Å². The van der Waals surface area contributed by atoms with Crippen LogP contribution in [-0.2, 0) is 0 Å². The normalized spacial score (nSPS) is 10.3. The van der Waals surface area contributed by atoms with Crippen LogP contribution in [0.25, 0.3) is 0 Å². The summed E-state index contributed by atoms with van der Waals surface area (Å²) in [5, 5.41) is 0. The smallest absolute Gasteiger partial charge is 0.241 e. The average molecular weight is 372 g/mol. The standard InChI is InChI=1S/C18H15B.C7H18N2/c1-4-10-16(11-5-1)19(17-12-6-2-7-13-17)18-14-8-3-9-15-18;1-3-9(4-2)7-5-6-8/h1-15H;3-8H2,1-2H3. The van der Waals surface area contributed by atoms with Crippen molar-refractivity contribution in [3.05, 3.63) is 91.0 Å². The molecule has 28 heavy (non-hydrogen) atoms. The predicted molar refractivity (Wildman–Crippen MR) is 125 cm³/mol. The van der Waals surface area contributed by atoms with Crippen molar-refractivity contribution in [1.29, 1.82) is 0 Å². The van der Waals surface area contributed by atoms with E-state index in [9.17, 15) is 0 Å². The van der Waals surface area contributed by atoms with Crippen LogP contribution in [0.4, 0.5) is 0 Å². The molecule has 0 fully saturated rings. The summed E-state index contributed by atoms with van der Waals surface area (Å²) in [5.74, 6) is 0. The molecule has 0 bridgehead atoms. The first kappa shape index (κ1) is 21.9. The lowest BCUT2D eigenvalue weighted by molar-refractivity contribution is 0.302. The Labute approximate surface area is 171 Å². The van der Waals surface area contributed by atoms with Gasteiger partial charge in [-0.05, 0) is 32.6 Å². The van der Waals surface area contributed by atoms with Crippen molar-refractivity contribution in [2.45, 2.75) is 20.3 Å². The minimum atomic E-state index is 0.309. The minimum absolute atomic E-state index is 0.309. The second-order valence-corrected chi connectivity index (χ2v) is 6.83. The van der Waals surface area contributed by atoms with Gasteiger partial charge in [0.2, 0.25) is 6.71 Å². The van der Waals surface area contributed by atoms with Crippen LogP contribution in [0.15, 0.2) is 91.0 Å². The van der Waals surface area contributed by atoms with Gasteiger partial charge < -0.3 is 10.6 Å². The molecule has 0 aliphatic rings. The molecule has 0 saturated carbocycles. The number of hydrogen-bond donors (Lipinski definition) is 1. The molecule has 0 heterocycles. The summed E-state index contributed by atoms with van der Waals surface area (Å²) in [6, 6.07) is 32.0. The SMILES string of the molecule is CCN(CC)CCCN.c1ccc(B(c2ccccc2)c2ccccc2)cc1. The van der Waals surface area contributed by atoms with Gasteiger partial charge in [0.05, 0.1) is 0 Å². The molecule has 0 amide bonds. The largest absolute Gasteiger partial charge is 0.330 e. The Hall–Kier alpha value is -2.36. The first-order valence-corrected chi connectivity index (χ1v) is 10.4. The zero-order valence-electron chi connectivity index (χ0n) is 17.3. The van der Waals surface area contributed by atoms with Crippen molar-refractivity contribution < 1.29 is 0 Å². The summed E-state index contributed by atoms with van der Waals surface area (Å²) in [6.07, 6.45) is 1.13. The summed E-state index contributed by atoms with van der Waals surface area (Å²) in [4.78, 5) is 2.38. The molecule has 3 heteroatoms. The van der Waals surface area contributed by atoms with Crippen LogP contribution < -0.4 is 22.1 Å².